The molecule has 9 heteroatoms. The second-order valence-corrected chi connectivity index (χ2v) is 6.49. The minimum Gasteiger partial charge on any atom is -0.332 e. The van der Waals surface area contributed by atoms with Crippen LogP contribution in [0.1, 0.15) is 24.0 Å². The number of fused-ring (bicyclic) bond motifs is 1. The van der Waals surface area contributed by atoms with Gasteiger partial charge in [0.25, 0.3) is 5.89 Å². The van der Waals surface area contributed by atoms with Crippen molar-refractivity contribution in [3.05, 3.63) is 42.1 Å². The second-order valence-electron chi connectivity index (χ2n) is 6.49. The van der Waals surface area contributed by atoms with Gasteiger partial charge in [-0.05, 0) is 32.0 Å². The summed E-state index contributed by atoms with van der Waals surface area (Å²) >= 11 is 0. The summed E-state index contributed by atoms with van der Waals surface area (Å²) in [6, 6.07) is 8.29. The SMILES string of the molecule is Cc1c(-c2nc(Cn3cnc4ccccc43)no2)nnn1C1CCNC1. The molecule has 1 saturated heterocycles. The number of para-hydroxylation sites is 2. The molecule has 132 valence electrons. The highest BCUT2D eigenvalue weighted by Crippen LogP contribution is 2.23. The van der Waals surface area contributed by atoms with Crippen molar-refractivity contribution < 1.29 is 4.52 Å². The molecule has 0 amide bonds. The van der Waals surface area contributed by atoms with Gasteiger partial charge in [0, 0.05) is 6.54 Å². The minimum atomic E-state index is 0.330. The zero-order valence-corrected chi connectivity index (χ0v) is 14.3. The maximum Gasteiger partial charge on any atom is 0.280 e. The third-order valence-electron chi connectivity index (χ3n) is 4.82. The normalized spacial score (nSPS) is 17.3. The predicted octanol–water partition coefficient (Wildman–Crippen LogP) is 1.57. The van der Waals surface area contributed by atoms with Gasteiger partial charge in [0.05, 0.1) is 35.6 Å². The quantitative estimate of drug-likeness (QED) is 0.596. The Kier molecular flexibility index (Phi) is 3.52. The molecule has 1 aliphatic rings. The molecule has 26 heavy (non-hydrogen) atoms. The molecule has 5 rings (SSSR count). The van der Waals surface area contributed by atoms with Gasteiger partial charge in [-0.1, -0.05) is 22.5 Å². The Morgan fingerprint density at radius 1 is 1.31 bits per heavy atom. The summed E-state index contributed by atoms with van der Waals surface area (Å²) in [4.78, 5) is 8.89. The van der Waals surface area contributed by atoms with Crippen molar-refractivity contribution in [2.75, 3.05) is 13.1 Å². The van der Waals surface area contributed by atoms with E-state index in [1.54, 1.807) is 6.33 Å². The third kappa shape index (κ3) is 2.48. The van der Waals surface area contributed by atoms with E-state index in [1.165, 1.54) is 0 Å². The molecule has 0 saturated carbocycles. The van der Waals surface area contributed by atoms with Crippen LogP contribution in [0.25, 0.3) is 22.6 Å². The van der Waals surface area contributed by atoms with Gasteiger partial charge in [-0.25, -0.2) is 9.67 Å². The summed E-state index contributed by atoms with van der Waals surface area (Å²) in [5.74, 6) is 0.985. The number of benzene rings is 1. The monoisotopic (exact) mass is 350 g/mol. The van der Waals surface area contributed by atoms with Crippen LogP contribution in [0.4, 0.5) is 0 Å². The van der Waals surface area contributed by atoms with E-state index >= 15 is 0 Å². The fraction of sp³-hybridized carbons (Fsp3) is 0.353. The first-order valence-corrected chi connectivity index (χ1v) is 8.65. The highest BCUT2D eigenvalue weighted by Gasteiger charge is 2.24. The van der Waals surface area contributed by atoms with Crippen molar-refractivity contribution in [1.29, 1.82) is 0 Å². The van der Waals surface area contributed by atoms with Crippen molar-refractivity contribution in [2.45, 2.75) is 25.9 Å². The van der Waals surface area contributed by atoms with E-state index in [0.29, 0.717) is 30.0 Å². The van der Waals surface area contributed by atoms with Crippen LogP contribution in [-0.2, 0) is 6.54 Å². The Morgan fingerprint density at radius 2 is 2.23 bits per heavy atom. The summed E-state index contributed by atoms with van der Waals surface area (Å²) in [5, 5.41) is 16.0. The van der Waals surface area contributed by atoms with E-state index in [9.17, 15) is 0 Å². The summed E-state index contributed by atoms with van der Waals surface area (Å²) in [7, 11) is 0. The molecule has 4 aromatic rings. The van der Waals surface area contributed by atoms with E-state index in [0.717, 1.165) is 36.2 Å². The Labute approximate surface area is 149 Å². The fourth-order valence-corrected chi connectivity index (χ4v) is 3.44. The summed E-state index contributed by atoms with van der Waals surface area (Å²) in [5.41, 5.74) is 3.57. The molecule has 1 atom stereocenters. The maximum atomic E-state index is 5.44. The standard InChI is InChI=1S/C17H18N8O/c1-11-16(21-23-25(11)12-6-7-18-8-12)17-20-15(22-26-17)9-24-10-19-13-4-2-3-5-14(13)24/h2-5,10,12,18H,6-9H2,1H3. The largest absolute Gasteiger partial charge is 0.332 e. The van der Waals surface area contributed by atoms with Gasteiger partial charge < -0.3 is 14.4 Å². The van der Waals surface area contributed by atoms with E-state index in [2.05, 4.69) is 30.8 Å². The van der Waals surface area contributed by atoms with Crippen LogP contribution >= 0.6 is 0 Å². The van der Waals surface area contributed by atoms with Crippen molar-refractivity contribution in [3.8, 4) is 11.6 Å². The number of hydrogen-bond donors (Lipinski definition) is 1. The number of hydrogen-bond acceptors (Lipinski definition) is 7. The molecule has 1 fully saturated rings. The Bertz CT molecular complexity index is 1060. The van der Waals surface area contributed by atoms with Crippen molar-refractivity contribution >= 4 is 11.0 Å². The van der Waals surface area contributed by atoms with E-state index in [4.69, 9.17) is 4.52 Å². The van der Waals surface area contributed by atoms with Gasteiger partial charge in [0.2, 0.25) is 0 Å². The van der Waals surface area contributed by atoms with Crippen molar-refractivity contribution in [1.82, 2.24) is 40.0 Å². The predicted molar refractivity (Wildman–Crippen MR) is 93.4 cm³/mol. The molecular formula is C17H18N8O. The minimum absolute atomic E-state index is 0.330. The van der Waals surface area contributed by atoms with Crippen LogP contribution in [0.5, 0.6) is 0 Å². The van der Waals surface area contributed by atoms with Crippen LogP contribution < -0.4 is 5.32 Å². The molecule has 9 nitrogen and oxygen atoms in total. The Hall–Kier alpha value is -3.07. The zero-order valence-electron chi connectivity index (χ0n) is 14.3. The molecule has 1 aliphatic heterocycles. The molecule has 0 radical (unpaired) electrons. The first-order valence-electron chi connectivity index (χ1n) is 8.65. The van der Waals surface area contributed by atoms with E-state index in [1.807, 2.05) is 40.4 Å². The molecule has 0 bridgehead atoms. The smallest absolute Gasteiger partial charge is 0.280 e. The zero-order chi connectivity index (χ0) is 17.5. The first kappa shape index (κ1) is 15.2. The van der Waals surface area contributed by atoms with Crippen LogP contribution in [0.3, 0.4) is 0 Å². The molecule has 0 spiro atoms. The van der Waals surface area contributed by atoms with Gasteiger partial charge in [-0.2, -0.15) is 4.98 Å². The number of nitrogens with one attached hydrogen (secondary N) is 1. The average Bonchev–Trinajstić information content (AvgIpc) is 3.42. The molecule has 1 aromatic carbocycles. The van der Waals surface area contributed by atoms with Crippen LogP contribution in [-0.4, -0.2) is 47.8 Å². The summed E-state index contributed by atoms with van der Waals surface area (Å²) in [6.45, 7) is 4.39. The Balaban J connectivity index is 1.42. The number of imidazole rings is 1. The highest BCUT2D eigenvalue weighted by atomic mass is 16.5. The topological polar surface area (TPSA) is 99.5 Å². The summed E-state index contributed by atoms with van der Waals surface area (Å²) < 4.78 is 9.39. The number of rotatable bonds is 4. The molecular weight excluding hydrogens is 332 g/mol. The molecule has 4 heterocycles. The van der Waals surface area contributed by atoms with Gasteiger partial charge in [-0.3, -0.25) is 0 Å². The van der Waals surface area contributed by atoms with Gasteiger partial charge in [0.1, 0.15) is 0 Å². The molecule has 3 aromatic heterocycles. The fourth-order valence-electron chi connectivity index (χ4n) is 3.44. The average molecular weight is 350 g/mol. The lowest BCUT2D eigenvalue weighted by atomic mass is 10.2. The number of nitrogens with zero attached hydrogens (tertiary/aromatic N) is 7. The first-order chi connectivity index (χ1) is 12.8. The lowest BCUT2D eigenvalue weighted by Crippen LogP contribution is -2.15. The van der Waals surface area contributed by atoms with E-state index in [-0.39, 0.29) is 0 Å². The second kappa shape index (κ2) is 6.03. The lowest BCUT2D eigenvalue weighted by Gasteiger charge is -2.09. The highest BCUT2D eigenvalue weighted by molar-refractivity contribution is 5.75. The van der Waals surface area contributed by atoms with Crippen LogP contribution in [0, 0.1) is 6.92 Å². The van der Waals surface area contributed by atoms with Crippen molar-refractivity contribution in [3.63, 3.8) is 0 Å². The Morgan fingerprint density at radius 3 is 3.12 bits per heavy atom. The molecule has 0 aliphatic carbocycles. The van der Waals surface area contributed by atoms with Gasteiger partial charge in [0.15, 0.2) is 11.5 Å². The van der Waals surface area contributed by atoms with Gasteiger partial charge >= 0.3 is 0 Å². The molecule has 1 unspecified atom stereocenters. The molecule has 1 N–H and O–H groups in total. The van der Waals surface area contributed by atoms with Crippen molar-refractivity contribution in [2.24, 2.45) is 0 Å². The number of aromatic nitrogens is 7. The van der Waals surface area contributed by atoms with Gasteiger partial charge in [-0.15, -0.1) is 5.10 Å². The van der Waals surface area contributed by atoms with Crippen LogP contribution in [0.15, 0.2) is 35.1 Å². The van der Waals surface area contributed by atoms with Crippen LogP contribution in [0.2, 0.25) is 0 Å². The maximum absolute atomic E-state index is 5.44. The van der Waals surface area contributed by atoms with E-state index < -0.39 is 0 Å². The third-order valence-corrected chi connectivity index (χ3v) is 4.82. The summed E-state index contributed by atoms with van der Waals surface area (Å²) in [6.07, 6.45) is 2.84. The lowest BCUT2D eigenvalue weighted by molar-refractivity contribution is 0.419.